The topological polar surface area (TPSA) is 86.6 Å². The maximum absolute atomic E-state index is 13.8. The van der Waals surface area contributed by atoms with Crippen LogP contribution in [0.4, 0.5) is 10.3 Å². The van der Waals surface area contributed by atoms with E-state index >= 15 is 0 Å². The minimum atomic E-state index is -1.05. The molecule has 2 aliphatic heterocycles. The van der Waals surface area contributed by atoms with Gasteiger partial charge in [0.15, 0.2) is 0 Å². The molecule has 27 heavy (non-hydrogen) atoms. The highest BCUT2D eigenvalue weighted by Crippen LogP contribution is 2.43. The maximum atomic E-state index is 13.8. The number of benzene rings is 1. The number of anilines is 1. The standard InChI is InChI=1S/C19H19FN4O3/c20-15-5-2-1-4-13(15)8-16(25)23-9-14-10-24(18-21-6-3-7-22-18)12-19(14,11-23)17(26)27/h1-7,14H,8-12H2,(H,26,27)/t14-,19-/m0/s1. The second-order valence-electron chi connectivity index (χ2n) is 7.13. The van der Waals surface area contributed by atoms with Crippen LogP contribution in [0.2, 0.25) is 0 Å². The Labute approximate surface area is 155 Å². The number of hydrogen-bond donors (Lipinski definition) is 1. The molecule has 2 aromatic rings. The Morgan fingerprint density at radius 3 is 2.56 bits per heavy atom. The second kappa shape index (κ2) is 6.61. The molecule has 140 valence electrons. The molecule has 1 amide bonds. The first kappa shape index (κ1) is 17.4. The van der Waals surface area contributed by atoms with Crippen LogP contribution in [-0.2, 0) is 16.0 Å². The van der Waals surface area contributed by atoms with Gasteiger partial charge in [0, 0.05) is 44.5 Å². The Morgan fingerprint density at radius 2 is 1.89 bits per heavy atom. The average molecular weight is 370 g/mol. The van der Waals surface area contributed by atoms with E-state index in [0.29, 0.717) is 24.6 Å². The van der Waals surface area contributed by atoms with Crippen LogP contribution in [0.5, 0.6) is 0 Å². The van der Waals surface area contributed by atoms with Gasteiger partial charge < -0.3 is 14.9 Å². The number of carbonyl (C=O) groups excluding carboxylic acids is 1. The quantitative estimate of drug-likeness (QED) is 0.871. The minimum Gasteiger partial charge on any atom is -0.481 e. The Bertz CT molecular complexity index is 878. The van der Waals surface area contributed by atoms with E-state index in [1.54, 1.807) is 41.6 Å². The summed E-state index contributed by atoms with van der Waals surface area (Å²) < 4.78 is 13.8. The number of fused-ring (bicyclic) bond motifs is 1. The number of carboxylic acid groups (broad SMARTS) is 1. The molecule has 1 N–H and O–H groups in total. The lowest BCUT2D eigenvalue weighted by atomic mass is 9.81. The molecule has 0 aliphatic carbocycles. The molecular weight excluding hydrogens is 351 g/mol. The first-order valence-corrected chi connectivity index (χ1v) is 8.76. The smallest absolute Gasteiger partial charge is 0.313 e. The molecule has 3 heterocycles. The van der Waals surface area contributed by atoms with Crippen molar-refractivity contribution in [2.45, 2.75) is 6.42 Å². The van der Waals surface area contributed by atoms with Crippen molar-refractivity contribution in [1.29, 1.82) is 0 Å². The largest absolute Gasteiger partial charge is 0.481 e. The monoisotopic (exact) mass is 370 g/mol. The van der Waals surface area contributed by atoms with Gasteiger partial charge in [-0.3, -0.25) is 9.59 Å². The number of likely N-dealkylation sites (tertiary alicyclic amines) is 1. The molecule has 2 saturated heterocycles. The number of aromatic nitrogens is 2. The summed E-state index contributed by atoms with van der Waals surface area (Å²) in [5.74, 6) is -1.32. The molecular formula is C19H19FN4O3. The van der Waals surface area contributed by atoms with Gasteiger partial charge in [0.25, 0.3) is 0 Å². The van der Waals surface area contributed by atoms with E-state index in [0.717, 1.165) is 0 Å². The fraction of sp³-hybridized carbons (Fsp3) is 0.368. The molecule has 0 bridgehead atoms. The zero-order valence-electron chi connectivity index (χ0n) is 14.6. The summed E-state index contributed by atoms with van der Waals surface area (Å²) in [5, 5.41) is 9.91. The van der Waals surface area contributed by atoms with Gasteiger partial charge in [-0.15, -0.1) is 0 Å². The normalized spacial score (nSPS) is 24.1. The van der Waals surface area contributed by atoms with E-state index in [9.17, 15) is 19.1 Å². The van der Waals surface area contributed by atoms with Crippen LogP contribution < -0.4 is 4.90 Å². The third-order valence-corrected chi connectivity index (χ3v) is 5.52. The first-order valence-electron chi connectivity index (χ1n) is 8.76. The van der Waals surface area contributed by atoms with Gasteiger partial charge in [-0.25, -0.2) is 14.4 Å². The molecule has 7 nitrogen and oxygen atoms in total. The summed E-state index contributed by atoms with van der Waals surface area (Å²) in [7, 11) is 0. The lowest BCUT2D eigenvalue weighted by molar-refractivity contribution is -0.148. The predicted molar refractivity (Wildman–Crippen MR) is 94.5 cm³/mol. The summed E-state index contributed by atoms with van der Waals surface area (Å²) in [5.41, 5.74) is -0.729. The van der Waals surface area contributed by atoms with Crippen molar-refractivity contribution in [3.63, 3.8) is 0 Å². The van der Waals surface area contributed by atoms with Crippen LogP contribution in [0, 0.1) is 17.2 Å². The zero-order valence-corrected chi connectivity index (χ0v) is 14.6. The number of amides is 1. The van der Waals surface area contributed by atoms with Gasteiger partial charge in [-0.1, -0.05) is 18.2 Å². The molecule has 2 atom stereocenters. The van der Waals surface area contributed by atoms with E-state index in [-0.39, 0.29) is 31.3 Å². The number of carboxylic acids is 1. The predicted octanol–water partition coefficient (Wildman–Crippen LogP) is 1.21. The van der Waals surface area contributed by atoms with Gasteiger partial charge in [0.2, 0.25) is 11.9 Å². The summed E-state index contributed by atoms with van der Waals surface area (Å²) in [6.45, 7) is 1.17. The Balaban J connectivity index is 1.51. The minimum absolute atomic E-state index is 0.0688. The third kappa shape index (κ3) is 3.01. The highest BCUT2D eigenvalue weighted by molar-refractivity contribution is 5.83. The van der Waals surface area contributed by atoms with Crippen molar-refractivity contribution in [1.82, 2.24) is 14.9 Å². The summed E-state index contributed by atoms with van der Waals surface area (Å²) in [6.07, 6.45) is 3.17. The van der Waals surface area contributed by atoms with Crippen molar-refractivity contribution in [2.75, 3.05) is 31.1 Å². The van der Waals surface area contributed by atoms with E-state index in [2.05, 4.69) is 9.97 Å². The summed E-state index contributed by atoms with van der Waals surface area (Å²) in [4.78, 5) is 36.5. The van der Waals surface area contributed by atoms with Crippen LogP contribution in [0.25, 0.3) is 0 Å². The van der Waals surface area contributed by atoms with Crippen LogP contribution in [0.1, 0.15) is 5.56 Å². The molecule has 0 spiro atoms. The Hall–Kier alpha value is -3.03. The lowest BCUT2D eigenvalue weighted by Gasteiger charge is -2.25. The van der Waals surface area contributed by atoms with Crippen LogP contribution in [0.15, 0.2) is 42.7 Å². The van der Waals surface area contributed by atoms with Crippen LogP contribution >= 0.6 is 0 Å². The maximum Gasteiger partial charge on any atom is 0.313 e. The summed E-state index contributed by atoms with van der Waals surface area (Å²) in [6, 6.07) is 7.85. The molecule has 2 fully saturated rings. The van der Waals surface area contributed by atoms with Gasteiger partial charge >= 0.3 is 5.97 Å². The molecule has 8 heteroatoms. The zero-order chi connectivity index (χ0) is 19.0. The van der Waals surface area contributed by atoms with Gasteiger partial charge in [-0.2, -0.15) is 0 Å². The number of rotatable bonds is 4. The van der Waals surface area contributed by atoms with Crippen molar-refractivity contribution < 1.29 is 19.1 Å². The van der Waals surface area contributed by atoms with E-state index in [4.69, 9.17) is 0 Å². The molecule has 4 rings (SSSR count). The lowest BCUT2D eigenvalue weighted by Crippen LogP contribution is -2.42. The van der Waals surface area contributed by atoms with Gasteiger partial charge in [0.05, 0.1) is 6.42 Å². The Kier molecular flexibility index (Phi) is 4.25. The molecule has 2 aliphatic rings. The molecule has 0 saturated carbocycles. The fourth-order valence-electron chi connectivity index (χ4n) is 4.08. The van der Waals surface area contributed by atoms with Gasteiger partial charge in [0.1, 0.15) is 11.2 Å². The van der Waals surface area contributed by atoms with E-state index in [1.807, 2.05) is 4.90 Å². The van der Waals surface area contributed by atoms with Crippen LogP contribution in [-0.4, -0.2) is 58.0 Å². The number of halogens is 1. The number of aliphatic carboxylic acids is 1. The average Bonchev–Trinajstić information content (AvgIpc) is 3.20. The SMILES string of the molecule is O=C(Cc1ccccc1F)N1C[C@H]2CN(c3ncccn3)C[C@@]2(C(=O)O)C1. The molecule has 1 aromatic carbocycles. The highest BCUT2D eigenvalue weighted by Gasteiger charge is 2.59. The molecule has 1 aromatic heterocycles. The number of hydrogen-bond acceptors (Lipinski definition) is 5. The van der Waals surface area contributed by atoms with Gasteiger partial charge in [-0.05, 0) is 17.7 Å². The third-order valence-electron chi connectivity index (χ3n) is 5.52. The van der Waals surface area contributed by atoms with E-state index < -0.39 is 17.2 Å². The number of nitrogens with zero attached hydrogens (tertiary/aromatic N) is 4. The first-order chi connectivity index (χ1) is 13.0. The molecule has 0 unspecified atom stereocenters. The second-order valence-corrected chi connectivity index (χ2v) is 7.13. The molecule has 0 radical (unpaired) electrons. The van der Waals surface area contributed by atoms with Crippen molar-refractivity contribution in [3.8, 4) is 0 Å². The van der Waals surface area contributed by atoms with Crippen molar-refractivity contribution in [2.24, 2.45) is 11.3 Å². The Morgan fingerprint density at radius 1 is 1.15 bits per heavy atom. The van der Waals surface area contributed by atoms with Crippen molar-refractivity contribution >= 4 is 17.8 Å². The number of carbonyl (C=O) groups is 2. The fourth-order valence-corrected chi connectivity index (χ4v) is 4.08. The van der Waals surface area contributed by atoms with Crippen molar-refractivity contribution in [3.05, 3.63) is 54.1 Å². The van der Waals surface area contributed by atoms with Crippen LogP contribution in [0.3, 0.4) is 0 Å². The highest BCUT2D eigenvalue weighted by atomic mass is 19.1. The van der Waals surface area contributed by atoms with E-state index in [1.165, 1.54) is 6.07 Å². The summed E-state index contributed by atoms with van der Waals surface area (Å²) >= 11 is 0.